The van der Waals surface area contributed by atoms with Gasteiger partial charge in [-0.2, -0.15) is 0 Å². The third-order valence-corrected chi connectivity index (χ3v) is 5.15. The van der Waals surface area contributed by atoms with Crippen LogP contribution in [0.5, 0.6) is 0 Å². The Kier molecular flexibility index (Phi) is 4.17. The minimum absolute atomic E-state index is 0.00965. The summed E-state index contributed by atoms with van der Waals surface area (Å²) >= 11 is 5.99. The van der Waals surface area contributed by atoms with E-state index in [-0.39, 0.29) is 24.3 Å². The van der Waals surface area contributed by atoms with Crippen LogP contribution >= 0.6 is 11.6 Å². The second-order valence-corrected chi connectivity index (χ2v) is 7.04. The van der Waals surface area contributed by atoms with E-state index in [9.17, 15) is 14.7 Å². The van der Waals surface area contributed by atoms with Gasteiger partial charge in [0, 0.05) is 27.9 Å². The Hall–Kier alpha value is -2.79. The van der Waals surface area contributed by atoms with Crippen LogP contribution in [0.1, 0.15) is 34.0 Å². The molecule has 3 aromatic rings. The van der Waals surface area contributed by atoms with Crippen molar-refractivity contribution in [1.82, 2.24) is 10.3 Å². The first-order valence-corrected chi connectivity index (χ1v) is 8.78. The van der Waals surface area contributed by atoms with Crippen LogP contribution in [-0.4, -0.2) is 28.0 Å². The van der Waals surface area contributed by atoms with Gasteiger partial charge in [0.05, 0.1) is 6.42 Å². The lowest BCUT2D eigenvalue weighted by Crippen LogP contribution is -2.38. The molecule has 5 nitrogen and oxygen atoms in total. The van der Waals surface area contributed by atoms with Gasteiger partial charge in [-0.15, -0.1) is 0 Å². The fraction of sp³-hybridized carbons (Fsp3) is 0.200. The van der Waals surface area contributed by atoms with Gasteiger partial charge in [0.25, 0.3) is 5.91 Å². The molecule has 0 saturated heterocycles. The Morgan fingerprint density at radius 2 is 2.00 bits per heavy atom. The van der Waals surface area contributed by atoms with Gasteiger partial charge in [-0.25, -0.2) is 0 Å². The summed E-state index contributed by atoms with van der Waals surface area (Å²) in [7, 11) is 0. The monoisotopic (exact) mass is 368 g/mol. The number of nitrogens with one attached hydrogen (secondary N) is 2. The largest absolute Gasteiger partial charge is 0.481 e. The second-order valence-electron chi connectivity index (χ2n) is 6.60. The van der Waals surface area contributed by atoms with Crippen molar-refractivity contribution in [3.05, 3.63) is 70.4 Å². The molecule has 0 spiro atoms. The number of aliphatic carboxylic acids is 1. The molecule has 2 atom stereocenters. The number of fused-ring (bicyclic) bond motifs is 2. The normalized spacial score (nSPS) is 18.7. The molecule has 3 N–H and O–H groups in total. The highest BCUT2D eigenvalue weighted by molar-refractivity contribution is 6.31. The topological polar surface area (TPSA) is 82.2 Å². The van der Waals surface area contributed by atoms with Crippen molar-refractivity contribution in [3.8, 4) is 0 Å². The number of carboxylic acids is 1. The minimum atomic E-state index is -0.869. The highest BCUT2D eigenvalue weighted by atomic mass is 35.5. The average molecular weight is 369 g/mol. The first-order chi connectivity index (χ1) is 12.5. The van der Waals surface area contributed by atoms with Crippen LogP contribution in [-0.2, 0) is 11.2 Å². The lowest BCUT2D eigenvalue weighted by atomic mass is 9.94. The summed E-state index contributed by atoms with van der Waals surface area (Å²) in [5, 5.41) is 13.7. The number of hydrogen-bond donors (Lipinski definition) is 3. The fourth-order valence-electron chi connectivity index (χ4n) is 3.74. The zero-order valence-electron chi connectivity index (χ0n) is 13.8. The molecule has 1 aromatic heterocycles. The summed E-state index contributed by atoms with van der Waals surface area (Å²) in [6, 6.07) is 14.7. The van der Waals surface area contributed by atoms with E-state index in [1.807, 2.05) is 30.3 Å². The molecule has 0 saturated carbocycles. The summed E-state index contributed by atoms with van der Waals surface area (Å²) in [6.45, 7) is 0. The minimum Gasteiger partial charge on any atom is -0.481 e. The Morgan fingerprint density at radius 1 is 1.19 bits per heavy atom. The maximum absolute atomic E-state index is 12.7. The van der Waals surface area contributed by atoms with Crippen molar-refractivity contribution in [2.75, 3.05) is 0 Å². The van der Waals surface area contributed by atoms with Gasteiger partial charge in [0.1, 0.15) is 5.69 Å². The van der Waals surface area contributed by atoms with E-state index in [0.717, 1.165) is 22.0 Å². The number of hydrogen-bond acceptors (Lipinski definition) is 2. The lowest BCUT2D eigenvalue weighted by Gasteiger charge is -2.20. The molecule has 0 fully saturated rings. The van der Waals surface area contributed by atoms with Crippen LogP contribution in [0.2, 0.25) is 5.02 Å². The van der Waals surface area contributed by atoms with Gasteiger partial charge < -0.3 is 15.4 Å². The molecule has 26 heavy (non-hydrogen) atoms. The molecular weight excluding hydrogens is 352 g/mol. The molecule has 0 radical (unpaired) electrons. The molecule has 4 rings (SSSR count). The first-order valence-electron chi connectivity index (χ1n) is 8.40. The van der Waals surface area contributed by atoms with E-state index >= 15 is 0 Å². The van der Waals surface area contributed by atoms with Crippen molar-refractivity contribution in [1.29, 1.82) is 0 Å². The SMILES string of the molecule is O=C(O)C[C@@H]1c2ccccc2C[C@H]1NC(=O)c1cc2cc(Cl)ccc2[nH]1. The molecule has 1 amide bonds. The summed E-state index contributed by atoms with van der Waals surface area (Å²) in [6.07, 6.45) is 0.621. The molecule has 0 bridgehead atoms. The molecule has 1 aliphatic rings. The van der Waals surface area contributed by atoms with Crippen LogP contribution in [0.3, 0.4) is 0 Å². The molecule has 1 heterocycles. The lowest BCUT2D eigenvalue weighted by molar-refractivity contribution is -0.137. The first kappa shape index (κ1) is 16.7. The second kappa shape index (κ2) is 6.50. The van der Waals surface area contributed by atoms with Crippen LogP contribution < -0.4 is 5.32 Å². The average Bonchev–Trinajstić information content (AvgIpc) is 3.16. The van der Waals surface area contributed by atoms with Crippen molar-refractivity contribution < 1.29 is 14.7 Å². The standard InChI is InChI=1S/C20H17ClN2O3/c21-13-5-6-16-12(7-13)9-18(22-16)20(26)23-17-8-11-3-1-2-4-14(11)15(17)10-19(24)25/h1-7,9,15,17,22H,8,10H2,(H,23,26)(H,24,25)/t15-,17-/m1/s1. The Balaban J connectivity index is 1.58. The Labute approximate surface area is 155 Å². The number of carbonyl (C=O) groups is 2. The number of amides is 1. The van der Waals surface area contributed by atoms with Crippen molar-refractivity contribution >= 4 is 34.4 Å². The number of aromatic amines is 1. The third-order valence-electron chi connectivity index (χ3n) is 4.92. The summed E-state index contributed by atoms with van der Waals surface area (Å²) in [4.78, 5) is 27.1. The number of carboxylic acid groups (broad SMARTS) is 1. The van der Waals surface area contributed by atoms with Crippen molar-refractivity contribution in [2.24, 2.45) is 0 Å². The van der Waals surface area contributed by atoms with E-state index in [0.29, 0.717) is 17.1 Å². The van der Waals surface area contributed by atoms with Gasteiger partial charge in [-0.3, -0.25) is 9.59 Å². The van der Waals surface area contributed by atoms with E-state index in [1.54, 1.807) is 18.2 Å². The zero-order valence-corrected chi connectivity index (χ0v) is 14.6. The zero-order chi connectivity index (χ0) is 18.3. The fourth-order valence-corrected chi connectivity index (χ4v) is 3.92. The van der Waals surface area contributed by atoms with E-state index in [2.05, 4.69) is 10.3 Å². The Morgan fingerprint density at radius 3 is 2.81 bits per heavy atom. The summed E-state index contributed by atoms with van der Waals surface area (Å²) in [5.74, 6) is -1.34. The van der Waals surface area contributed by atoms with Crippen LogP contribution in [0.4, 0.5) is 0 Å². The van der Waals surface area contributed by atoms with E-state index in [1.165, 1.54) is 0 Å². The quantitative estimate of drug-likeness (QED) is 0.656. The maximum atomic E-state index is 12.7. The van der Waals surface area contributed by atoms with Gasteiger partial charge in [0.15, 0.2) is 0 Å². The summed E-state index contributed by atoms with van der Waals surface area (Å²) in [5.41, 5.74) is 3.36. The van der Waals surface area contributed by atoms with Crippen molar-refractivity contribution in [3.63, 3.8) is 0 Å². The number of aromatic nitrogens is 1. The highest BCUT2D eigenvalue weighted by Crippen LogP contribution is 2.36. The van der Waals surface area contributed by atoms with Gasteiger partial charge >= 0.3 is 5.97 Å². The van der Waals surface area contributed by atoms with Gasteiger partial charge in [-0.05, 0) is 41.8 Å². The number of benzene rings is 2. The maximum Gasteiger partial charge on any atom is 0.304 e. The number of H-pyrrole nitrogens is 1. The smallest absolute Gasteiger partial charge is 0.304 e. The summed E-state index contributed by atoms with van der Waals surface area (Å²) < 4.78 is 0. The van der Waals surface area contributed by atoms with E-state index < -0.39 is 5.97 Å². The van der Waals surface area contributed by atoms with Gasteiger partial charge in [-0.1, -0.05) is 35.9 Å². The van der Waals surface area contributed by atoms with E-state index in [4.69, 9.17) is 11.6 Å². The molecule has 6 heteroatoms. The predicted octanol–water partition coefficient (Wildman–Crippen LogP) is 3.73. The molecule has 2 aromatic carbocycles. The van der Waals surface area contributed by atoms with Crippen LogP contribution in [0.15, 0.2) is 48.5 Å². The molecule has 0 aliphatic heterocycles. The van der Waals surface area contributed by atoms with Crippen LogP contribution in [0.25, 0.3) is 10.9 Å². The van der Waals surface area contributed by atoms with Crippen LogP contribution in [0, 0.1) is 0 Å². The van der Waals surface area contributed by atoms with Crippen molar-refractivity contribution in [2.45, 2.75) is 24.8 Å². The molecule has 1 aliphatic carbocycles. The van der Waals surface area contributed by atoms with Gasteiger partial charge in [0.2, 0.25) is 0 Å². The predicted molar refractivity (Wildman–Crippen MR) is 99.7 cm³/mol. The Bertz CT molecular complexity index is 1010. The number of carbonyl (C=O) groups excluding carboxylic acids is 1. The molecule has 0 unspecified atom stereocenters. The highest BCUT2D eigenvalue weighted by Gasteiger charge is 2.35. The molecule has 132 valence electrons. The molecular formula is C20H17ClN2O3. The third kappa shape index (κ3) is 3.06. The number of halogens is 1. The number of rotatable bonds is 4.